The average molecular weight is 1570 g/mol. The molecule has 29 N–H and O–H groups in total. The third kappa shape index (κ3) is 36.3. The van der Waals surface area contributed by atoms with E-state index >= 15 is 0 Å². The van der Waals surface area contributed by atoms with Crippen molar-refractivity contribution >= 4 is 94.7 Å². The normalized spacial score (nSPS) is 14.3. The van der Waals surface area contributed by atoms with E-state index < -0.39 is 193 Å². The molecule has 0 aliphatic carbocycles. The summed E-state index contributed by atoms with van der Waals surface area (Å²) in [6.45, 7) is 9.84. The molecular formula is C74H115N21O17. The number of hydrogen-bond acceptors (Lipinski definition) is 20. The first-order valence-electron chi connectivity index (χ1n) is 37.1. The van der Waals surface area contributed by atoms with Crippen LogP contribution in [0.5, 0.6) is 5.75 Å². The van der Waals surface area contributed by atoms with Gasteiger partial charge in [0.25, 0.3) is 0 Å². The van der Waals surface area contributed by atoms with Gasteiger partial charge in [0.15, 0.2) is 18.0 Å². The number of aromatic hydroxyl groups is 1. The number of benzene rings is 3. The molecule has 3 rings (SSSR count). The van der Waals surface area contributed by atoms with E-state index in [2.05, 4.69) is 73.8 Å². The zero-order chi connectivity index (χ0) is 83.7. The minimum atomic E-state index is -1.72. The Hall–Kier alpha value is -11.5. The standard InChI is InChI=1S/C74H115N21O17/c1-40(2)34-53(91-68(107)54(36-44-18-10-8-11-19-44)86-58(100)39-84-57(99)38-85-62(101)48(76)35-46-25-27-47(97)28-26-46)67(106)89-51(24-17-33-83-74(80)81)63(102)87-50(23-16-32-82-73(78)79)64(103)90-52(29-30-56(77)98)65(104)92-55(37-45-20-12-9-13-21-45)69(108)88-49(22-14-15-31-75)66(105)93-59(41(3)4)70(109)94-60(42(5)6)71(110)95-61(43(7)96)72(111)112/h8-13,18-21,25-28,40-43,48-55,59-61,96-97H,14-17,22-24,29-39,75-76H2,1-7H3,(H2,77,98)(H,84,99)(H,85,101)(H,86,100)(H,87,102)(H,88,108)(H,89,106)(H,90,103)(H,91,107)(H,92,104)(H,93,105)(H,94,109)(H,95,110)(H,111,112)(H4,78,79,82)(H4,80,81,83)/t43-,48+,49-,50+,51+,52+,53+,54+,55+,59+,60+,61+/m1/s1. The minimum absolute atomic E-state index is 0.0000726. The quantitative estimate of drug-likeness (QED) is 0.0143. The number of aliphatic hydroxyl groups is 1. The van der Waals surface area contributed by atoms with Gasteiger partial charge in [-0.05, 0) is 124 Å². The summed E-state index contributed by atoms with van der Waals surface area (Å²) in [6.07, 6.45) is -2.63. The van der Waals surface area contributed by atoms with Crippen LogP contribution in [-0.2, 0) is 86.4 Å². The molecule has 0 spiro atoms. The third-order valence-corrected chi connectivity index (χ3v) is 17.4. The number of phenols is 1. The highest BCUT2D eigenvalue weighted by atomic mass is 16.4. The highest BCUT2D eigenvalue weighted by Crippen LogP contribution is 2.16. The van der Waals surface area contributed by atoms with Crippen molar-refractivity contribution in [3.8, 4) is 5.75 Å². The molecule has 0 fully saturated rings. The van der Waals surface area contributed by atoms with Crippen LogP contribution < -0.4 is 104 Å². The maximum Gasteiger partial charge on any atom is 0.328 e. The molecule has 0 bridgehead atoms. The van der Waals surface area contributed by atoms with Crippen molar-refractivity contribution in [1.29, 1.82) is 0 Å². The highest BCUT2D eigenvalue weighted by molar-refractivity contribution is 6.00. The number of aliphatic hydroxyl groups excluding tert-OH is 1. The molecule has 0 aliphatic heterocycles. The highest BCUT2D eigenvalue weighted by Gasteiger charge is 2.38. The molecule has 112 heavy (non-hydrogen) atoms. The van der Waals surface area contributed by atoms with E-state index in [0.29, 0.717) is 23.1 Å². The Balaban J connectivity index is 2.00. The number of carbonyl (C=O) groups is 14. The number of unbranched alkanes of at least 4 members (excludes halogenated alkanes) is 1. The number of guanidine groups is 2. The Morgan fingerprint density at radius 2 is 0.777 bits per heavy atom. The smallest absolute Gasteiger partial charge is 0.328 e. The number of nitrogens with two attached hydrogens (primary N) is 7. The molecular weight excluding hydrogens is 1450 g/mol. The minimum Gasteiger partial charge on any atom is -0.508 e. The van der Waals surface area contributed by atoms with Crippen molar-refractivity contribution in [3.63, 3.8) is 0 Å². The molecule has 3 aromatic carbocycles. The molecule has 12 atom stereocenters. The van der Waals surface area contributed by atoms with Crippen LogP contribution in [0.1, 0.15) is 129 Å². The van der Waals surface area contributed by atoms with Crippen molar-refractivity contribution in [2.45, 2.75) is 205 Å². The fourth-order valence-corrected chi connectivity index (χ4v) is 11.3. The zero-order valence-corrected chi connectivity index (χ0v) is 64.5. The number of primary amides is 1. The van der Waals surface area contributed by atoms with E-state index in [1.165, 1.54) is 12.1 Å². The molecule has 0 heterocycles. The summed E-state index contributed by atoms with van der Waals surface area (Å²) in [4.78, 5) is 202. The molecule has 38 heteroatoms. The van der Waals surface area contributed by atoms with Crippen molar-refractivity contribution in [1.82, 2.24) is 63.8 Å². The summed E-state index contributed by atoms with van der Waals surface area (Å²) in [5, 5.41) is 60.0. The number of rotatable bonds is 51. The summed E-state index contributed by atoms with van der Waals surface area (Å²) in [6, 6.07) is 6.77. The predicted octanol–water partition coefficient (Wildman–Crippen LogP) is -4.85. The Bertz CT molecular complexity index is 3650. The average Bonchev–Trinajstić information content (AvgIpc) is 0.853. The van der Waals surface area contributed by atoms with E-state index in [0.717, 1.165) is 6.92 Å². The molecule has 0 saturated carbocycles. The van der Waals surface area contributed by atoms with Gasteiger partial charge in [-0.2, -0.15) is 0 Å². The van der Waals surface area contributed by atoms with Gasteiger partial charge in [-0.3, -0.25) is 72.3 Å². The van der Waals surface area contributed by atoms with E-state index in [9.17, 15) is 82.4 Å². The third-order valence-electron chi connectivity index (χ3n) is 17.4. The van der Waals surface area contributed by atoms with E-state index in [-0.39, 0.29) is 107 Å². The van der Waals surface area contributed by atoms with Crippen LogP contribution in [-0.4, -0.2) is 215 Å². The largest absolute Gasteiger partial charge is 0.508 e. The molecule has 0 unspecified atom stereocenters. The number of phenolic OH excluding ortho intramolecular Hbond substituents is 1. The van der Waals surface area contributed by atoms with Crippen LogP contribution in [0.2, 0.25) is 0 Å². The number of carbonyl (C=O) groups excluding carboxylic acids is 13. The summed E-state index contributed by atoms with van der Waals surface area (Å²) in [5.41, 5.74) is 41.7. The number of carboxylic acid groups (broad SMARTS) is 1. The molecule has 13 amide bonds. The molecule has 0 aromatic heterocycles. The molecule has 618 valence electrons. The van der Waals surface area contributed by atoms with Gasteiger partial charge in [0.2, 0.25) is 76.8 Å². The first-order chi connectivity index (χ1) is 52.9. The van der Waals surface area contributed by atoms with Crippen LogP contribution in [0.25, 0.3) is 0 Å². The summed E-state index contributed by atoms with van der Waals surface area (Å²) < 4.78 is 0. The molecule has 38 nitrogen and oxygen atoms in total. The van der Waals surface area contributed by atoms with Gasteiger partial charge < -0.3 is 119 Å². The topological polar surface area (TPSA) is 651 Å². The van der Waals surface area contributed by atoms with E-state index in [4.69, 9.17) is 40.1 Å². The van der Waals surface area contributed by atoms with Crippen LogP contribution in [0, 0.1) is 17.8 Å². The van der Waals surface area contributed by atoms with Crippen molar-refractivity contribution in [2.75, 3.05) is 32.7 Å². The van der Waals surface area contributed by atoms with Crippen LogP contribution in [0.4, 0.5) is 0 Å². The molecule has 0 aliphatic rings. The second-order valence-electron chi connectivity index (χ2n) is 28.2. The van der Waals surface area contributed by atoms with Crippen LogP contribution in [0.15, 0.2) is 94.9 Å². The van der Waals surface area contributed by atoms with Crippen molar-refractivity contribution in [3.05, 3.63) is 102 Å². The SMILES string of the molecule is CC(C)C[C@H](NC(=O)[C@H](Cc1ccccc1)NC(=O)CNC(=O)CNC(=O)[C@@H](N)Cc1ccc(O)cc1)C(=O)N[C@@H](CCCN=C(N)N)C(=O)N[C@@H](CCCN=C(N)N)C(=O)N[C@@H](CCC(N)=O)C(=O)N[C@@H](Cc1ccccc1)C(=O)N[C@H](CCCCN)C(=O)N[C@H](C(=O)N[C@H](C(=O)N[C@H](C(=O)O)[C@@H](C)O)C(C)C)C(C)C. The Kier molecular flexibility index (Phi) is 41.9. The Morgan fingerprint density at radius 3 is 1.20 bits per heavy atom. The Morgan fingerprint density at radius 1 is 0.402 bits per heavy atom. The number of nitrogens with zero attached hydrogens (tertiary/aromatic N) is 2. The van der Waals surface area contributed by atoms with Crippen LogP contribution in [0.3, 0.4) is 0 Å². The van der Waals surface area contributed by atoms with Crippen LogP contribution >= 0.6 is 0 Å². The summed E-state index contributed by atoms with van der Waals surface area (Å²) in [7, 11) is 0. The van der Waals surface area contributed by atoms with Gasteiger partial charge >= 0.3 is 5.97 Å². The van der Waals surface area contributed by atoms with E-state index in [1.807, 2.05) is 0 Å². The van der Waals surface area contributed by atoms with Gasteiger partial charge in [0.1, 0.15) is 60.1 Å². The first-order valence-corrected chi connectivity index (χ1v) is 37.1. The maximum atomic E-state index is 14.9. The van der Waals surface area contributed by atoms with Gasteiger partial charge in [-0.15, -0.1) is 0 Å². The fourth-order valence-electron chi connectivity index (χ4n) is 11.3. The molecule has 0 saturated heterocycles. The lowest BCUT2D eigenvalue weighted by Gasteiger charge is -2.30. The van der Waals surface area contributed by atoms with Gasteiger partial charge in [-0.1, -0.05) is 114 Å². The Labute approximate surface area is 650 Å². The molecule has 3 aromatic rings. The van der Waals surface area contributed by atoms with Crippen molar-refractivity contribution in [2.24, 2.45) is 67.9 Å². The second-order valence-corrected chi connectivity index (χ2v) is 28.2. The van der Waals surface area contributed by atoms with Gasteiger partial charge in [0, 0.05) is 32.4 Å². The maximum absolute atomic E-state index is 14.9. The fraction of sp³-hybridized carbons (Fsp3) is 0.541. The predicted molar refractivity (Wildman–Crippen MR) is 415 cm³/mol. The zero-order valence-electron chi connectivity index (χ0n) is 64.5. The van der Waals surface area contributed by atoms with Gasteiger partial charge in [-0.25, -0.2) is 4.79 Å². The monoisotopic (exact) mass is 1570 g/mol. The summed E-state index contributed by atoms with van der Waals surface area (Å²) >= 11 is 0. The lowest BCUT2D eigenvalue weighted by atomic mass is 9.98. The molecule has 0 radical (unpaired) electrons. The van der Waals surface area contributed by atoms with Gasteiger partial charge in [0.05, 0.1) is 25.2 Å². The lowest BCUT2D eigenvalue weighted by Crippen LogP contribution is -2.62. The number of nitrogens with one attached hydrogen (secondary N) is 12. The lowest BCUT2D eigenvalue weighted by molar-refractivity contribution is -0.145. The summed E-state index contributed by atoms with van der Waals surface area (Å²) in [5.74, 6) is -15.3. The number of hydrogen-bond donors (Lipinski definition) is 22. The number of amides is 13. The van der Waals surface area contributed by atoms with Crippen molar-refractivity contribution < 1.29 is 82.4 Å². The number of aliphatic imine (C=N–C) groups is 2. The number of carboxylic acids is 1. The first kappa shape index (κ1) is 94.7. The second kappa shape index (κ2) is 49.6. The van der Waals surface area contributed by atoms with E-state index in [1.54, 1.807) is 114 Å². The number of aliphatic carboxylic acids is 1.